The lowest BCUT2D eigenvalue weighted by Gasteiger charge is -2.14. The van der Waals surface area contributed by atoms with Crippen molar-refractivity contribution < 1.29 is 14.3 Å². The highest BCUT2D eigenvalue weighted by atomic mass is 32.1. The first-order chi connectivity index (χ1) is 8.69. The lowest BCUT2D eigenvalue weighted by Crippen LogP contribution is -2.33. The fraction of sp³-hybridized carbons (Fsp3) is 0.615. The van der Waals surface area contributed by atoms with E-state index >= 15 is 0 Å². The van der Waals surface area contributed by atoms with Crippen molar-refractivity contribution >= 4 is 17.3 Å². The molecule has 4 nitrogen and oxygen atoms in total. The highest BCUT2D eigenvalue weighted by molar-refractivity contribution is 7.12. The molecule has 1 fully saturated rings. The molecule has 0 amide bonds. The van der Waals surface area contributed by atoms with Crippen LogP contribution in [0.2, 0.25) is 0 Å². The Bertz CT molecular complexity index is 405. The van der Waals surface area contributed by atoms with E-state index in [0.29, 0.717) is 18.6 Å². The molecule has 1 aliphatic heterocycles. The minimum Gasteiger partial charge on any atom is -0.469 e. The average Bonchev–Trinajstić information content (AvgIpc) is 2.96. The molecule has 2 atom stereocenters. The summed E-state index contributed by atoms with van der Waals surface area (Å²) in [5.74, 6) is -0.186. The number of carbonyl (C=O) groups is 1. The zero-order valence-corrected chi connectivity index (χ0v) is 11.6. The van der Waals surface area contributed by atoms with Gasteiger partial charge in [-0.15, -0.1) is 11.3 Å². The van der Waals surface area contributed by atoms with Crippen LogP contribution < -0.4 is 5.32 Å². The van der Waals surface area contributed by atoms with Crippen molar-refractivity contribution in [2.24, 2.45) is 0 Å². The Morgan fingerprint density at radius 3 is 3.00 bits per heavy atom. The third-order valence-corrected chi connectivity index (χ3v) is 4.26. The molecule has 2 unspecified atom stereocenters. The Hall–Kier alpha value is -0.910. The number of methoxy groups -OCH3 is 1. The number of carbonyl (C=O) groups excluding carboxylic acids is 1. The van der Waals surface area contributed by atoms with Crippen molar-refractivity contribution in [2.75, 3.05) is 13.7 Å². The van der Waals surface area contributed by atoms with Crippen molar-refractivity contribution in [2.45, 2.75) is 38.5 Å². The number of esters is 1. The first-order valence-electron chi connectivity index (χ1n) is 6.18. The third kappa shape index (κ3) is 3.54. The van der Waals surface area contributed by atoms with E-state index in [0.717, 1.165) is 24.4 Å². The Balaban J connectivity index is 1.81. The van der Waals surface area contributed by atoms with Crippen LogP contribution in [-0.4, -0.2) is 31.8 Å². The summed E-state index contributed by atoms with van der Waals surface area (Å²) in [5.41, 5.74) is 0. The molecule has 0 spiro atoms. The predicted octanol–water partition coefficient (Wildman–Crippen LogP) is 1.73. The zero-order chi connectivity index (χ0) is 13.0. The molecule has 0 aliphatic carbocycles. The van der Waals surface area contributed by atoms with Crippen LogP contribution in [-0.2, 0) is 27.2 Å². The molecule has 1 aliphatic rings. The minimum absolute atomic E-state index is 0.186. The van der Waals surface area contributed by atoms with Crippen LogP contribution in [0.3, 0.4) is 0 Å². The molecule has 1 aromatic heterocycles. The molecular formula is C13H19NO3S. The lowest BCUT2D eigenvalue weighted by molar-refractivity contribution is -0.139. The fourth-order valence-electron chi connectivity index (χ4n) is 2.06. The first kappa shape index (κ1) is 13.5. The maximum atomic E-state index is 11.2. The molecule has 18 heavy (non-hydrogen) atoms. The Morgan fingerprint density at radius 1 is 1.56 bits per heavy atom. The molecule has 100 valence electrons. The van der Waals surface area contributed by atoms with Crippen LogP contribution in [0, 0.1) is 0 Å². The summed E-state index contributed by atoms with van der Waals surface area (Å²) in [6.07, 6.45) is 1.73. The summed E-state index contributed by atoms with van der Waals surface area (Å²) in [6.45, 7) is 3.78. The molecule has 0 aromatic carbocycles. The average molecular weight is 269 g/mol. The summed E-state index contributed by atoms with van der Waals surface area (Å²) in [6, 6.07) is 4.50. The van der Waals surface area contributed by atoms with Gasteiger partial charge in [-0.1, -0.05) is 0 Å². The molecule has 1 N–H and O–H groups in total. The van der Waals surface area contributed by atoms with Gasteiger partial charge in [0.1, 0.15) is 0 Å². The van der Waals surface area contributed by atoms with Crippen molar-refractivity contribution in [3.05, 3.63) is 21.9 Å². The molecule has 1 saturated heterocycles. The maximum absolute atomic E-state index is 11.2. The summed E-state index contributed by atoms with van der Waals surface area (Å²) in [4.78, 5) is 13.4. The topological polar surface area (TPSA) is 47.6 Å². The summed E-state index contributed by atoms with van der Waals surface area (Å²) < 4.78 is 10.2. The van der Waals surface area contributed by atoms with Crippen molar-refractivity contribution in [3.63, 3.8) is 0 Å². The largest absolute Gasteiger partial charge is 0.469 e. The van der Waals surface area contributed by atoms with Gasteiger partial charge in [0.15, 0.2) is 0 Å². The maximum Gasteiger partial charge on any atom is 0.310 e. The van der Waals surface area contributed by atoms with Crippen molar-refractivity contribution in [3.8, 4) is 0 Å². The van der Waals surface area contributed by atoms with Gasteiger partial charge in [-0.25, -0.2) is 0 Å². The van der Waals surface area contributed by atoms with Gasteiger partial charge in [-0.3, -0.25) is 4.79 Å². The first-order valence-corrected chi connectivity index (χ1v) is 7.00. The molecular weight excluding hydrogens is 250 g/mol. The summed E-state index contributed by atoms with van der Waals surface area (Å²) in [5, 5.41) is 3.50. The number of ether oxygens (including phenoxy) is 2. The normalized spacial score (nSPS) is 23.2. The third-order valence-electron chi connectivity index (χ3n) is 3.18. The van der Waals surface area contributed by atoms with Gasteiger partial charge in [-0.2, -0.15) is 0 Å². The van der Waals surface area contributed by atoms with E-state index in [1.807, 2.05) is 6.07 Å². The van der Waals surface area contributed by atoms with E-state index in [4.69, 9.17) is 4.74 Å². The van der Waals surface area contributed by atoms with E-state index in [9.17, 15) is 4.79 Å². The second kappa shape index (κ2) is 6.31. The molecule has 2 rings (SSSR count). The molecule has 0 radical (unpaired) electrons. The van der Waals surface area contributed by atoms with Gasteiger partial charge in [0, 0.05) is 28.9 Å². The molecule has 2 heterocycles. The van der Waals surface area contributed by atoms with Gasteiger partial charge in [-0.05, 0) is 25.5 Å². The van der Waals surface area contributed by atoms with Crippen molar-refractivity contribution in [1.29, 1.82) is 0 Å². The van der Waals surface area contributed by atoms with Crippen LogP contribution in [0.25, 0.3) is 0 Å². The van der Waals surface area contributed by atoms with E-state index < -0.39 is 0 Å². The number of rotatable bonds is 5. The minimum atomic E-state index is -0.186. The summed E-state index contributed by atoms with van der Waals surface area (Å²) >= 11 is 1.66. The van der Waals surface area contributed by atoms with Crippen LogP contribution in [0.5, 0.6) is 0 Å². The number of hydrogen-bond donors (Lipinski definition) is 1. The molecule has 0 saturated carbocycles. The molecule has 1 aromatic rings. The quantitative estimate of drug-likeness (QED) is 0.827. The number of thiophene rings is 1. The fourth-order valence-corrected chi connectivity index (χ4v) is 3.01. The lowest BCUT2D eigenvalue weighted by atomic mass is 10.1. The van der Waals surface area contributed by atoms with Gasteiger partial charge >= 0.3 is 5.97 Å². The van der Waals surface area contributed by atoms with Crippen molar-refractivity contribution in [1.82, 2.24) is 5.32 Å². The van der Waals surface area contributed by atoms with Gasteiger partial charge < -0.3 is 14.8 Å². The smallest absolute Gasteiger partial charge is 0.310 e. The van der Waals surface area contributed by atoms with Crippen LogP contribution in [0.15, 0.2) is 12.1 Å². The highest BCUT2D eigenvalue weighted by Gasteiger charge is 2.23. The summed E-state index contributed by atoms with van der Waals surface area (Å²) in [7, 11) is 1.42. The van der Waals surface area contributed by atoms with Gasteiger partial charge in [0.25, 0.3) is 0 Å². The monoisotopic (exact) mass is 269 g/mol. The Kier molecular flexibility index (Phi) is 4.74. The Labute approximate surface area is 111 Å². The molecule has 0 bridgehead atoms. The van der Waals surface area contributed by atoms with E-state index in [1.165, 1.54) is 12.0 Å². The van der Waals surface area contributed by atoms with Crippen LogP contribution in [0.4, 0.5) is 0 Å². The van der Waals surface area contributed by atoms with Gasteiger partial charge in [0.05, 0.1) is 19.6 Å². The van der Waals surface area contributed by atoms with Crippen LogP contribution in [0.1, 0.15) is 23.1 Å². The molecule has 5 heteroatoms. The second-order valence-electron chi connectivity index (χ2n) is 4.47. The number of nitrogens with one attached hydrogen (secondary N) is 1. The predicted molar refractivity (Wildman–Crippen MR) is 70.7 cm³/mol. The highest BCUT2D eigenvalue weighted by Crippen LogP contribution is 2.19. The van der Waals surface area contributed by atoms with E-state index in [2.05, 4.69) is 23.0 Å². The van der Waals surface area contributed by atoms with Gasteiger partial charge in [0.2, 0.25) is 0 Å². The van der Waals surface area contributed by atoms with E-state index in [-0.39, 0.29) is 5.97 Å². The SMILES string of the molecule is COC(=O)Cc1ccc(CNC2CCOC2C)s1. The Morgan fingerprint density at radius 2 is 2.33 bits per heavy atom. The standard InChI is InChI=1S/C13H19NO3S/c1-9-12(5-6-17-9)14-8-11-4-3-10(18-11)7-13(15)16-2/h3-4,9,12,14H,5-8H2,1-2H3. The zero-order valence-electron chi connectivity index (χ0n) is 10.8. The second-order valence-corrected chi connectivity index (χ2v) is 5.73. The van der Waals surface area contributed by atoms with Crippen LogP contribution >= 0.6 is 11.3 Å². The van der Waals surface area contributed by atoms with E-state index in [1.54, 1.807) is 11.3 Å². The number of hydrogen-bond acceptors (Lipinski definition) is 5.